The Bertz CT molecular complexity index is 954. The van der Waals surface area contributed by atoms with Gasteiger partial charge in [0.2, 0.25) is 0 Å². The number of hydrogen-bond donors (Lipinski definition) is 2. The van der Waals surface area contributed by atoms with Gasteiger partial charge in [0, 0.05) is 18.0 Å². The number of oxazole rings is 1. The van der Waals surface area contributed by atoms with E-state index < -0.39 is 0 Å². The van der Waals surface area contributed by atoms with Crippen molar-refractivity contribution in [2.45, 2.75) is 0 Å². The third-order valence-electron chi connectivity index (χ3n) is 3.16. The Labute approximate surface area is 117 Å². The summed E-state index contributed by atoms with van der Waals surface area (Å²) in [6.07, 6.45) is 6.33. The van der Waals surface area contributed by atoms with Gasteiger partial charge in [0.1, 0.15) is 5.69 Å². The van der Waals surface area contributed by atoms with Crippen LogP contribution in [0.25, 0.3) is 33.7 Å². The second-order valence-corrected chi connectivity index (χ2v) is 4.46. The van der Waals surface area contributed by atoms with Gasteiger partial charge in [-0.25, -0.2) is 14.8 Å². The molecule has 21 heavy (non-hydrogen) atoms. The molecule has 0 fully saturated rings. The van der Waals surface area contributed by atoms with E-state index in [4.69, 9.17) is 4.42 Å². The molecule has 0 saturated heterocycles. The fourth-order valence-electron chi connectivity index (χ4n) is 2.24. The molecule has 0 bridgehead atoms. The molecule has 4 rings (SSSR count). The summed E-state index contributed by atoms with van der Waals surface area (Å²) < 4.78 is 5.35. The van der Waals surface area contributed by atoms with Crippen molar-refractivity contribution in [1.82, 2.24) is 24.9 Å². The van der Waals surface area contributed by atoms with Gasteiger partial charge in [-0.2, -0.15) is 0 Å². The summed E-state index contributed by atoms with van der Waals surface area (Å²) in [7, 11) is 0. The maximum absolute atomic E-state index is 11.4. The number of fused-ring (bicyclic) bond motifs is 1. The molecule has 2 N–H and O–H groups in total. The highest BCUT2D eigenvalue weighted by atomic mass is 16.3. The van der Waals surface area contributed by atoms with Crippen LogP contribution in [-0.2, 0) is 0 Å². The van der Waals surface area contributed by atoms with Gasteiger partial charge in [0.15, 0.2) is 17.8 Å². The van der Waals surface area contributed by atoms with Gasteiger partial charge in [-0.05, 0) is 23.8 Å². The topological polar surface area (TPSA) is 100 Å². The largest absolute Gasteiger partial charge is 0.442 e. The molecule has 4 aromatic heterocycles. The number of imidazole rings is 1. The lowest BCUT2D eigenvalue weighted by atomic mass is 10.0. The van der Waals surface area contributed by atoms with Crippen molar-refractivity contribution in [3.8, 4) is 22.6 Å². The number of nitrogens with zero attached hydrogens (tertiary/aromatic N) is 3. The number of nitrogens with one attached hydrogen (secondary N) is 2. The van der Waals surface area contributed by atoms with Gasteiger partial charge in [0.05, 0.1) is 11.7 Å². The van der Waals surface area contributed by atoms with E-state index in [0.717, 1.165) is 11.1 Å². The molecular formula is C14H9N5O2. The average molecular weight is 279 g/mol. The van der Waals surface area contributed by atoms with Crippen molar-refractivity contribution in [1.29, 1.82) is 0 Å². The fourth-order valence-corrected chi connectivity index (χ4v) is 2.24. The molecule has 0 radical (unpaired) electrons. The van der Waals surface area contributed by atoms with Crippen LogP contribution in [0.2, 0.25) is 0 Å². The zero-order chi connectivity index (χ0) is 14.2. The highest BCUT2D eigenvalue weighted by Gasteiger charge is 2.15. The Kier molecular flexibility index (Phi) is 2.43. The lowest BCUT2D eigenvalue weighted by Crippen LogP contribution is -1.99. The minimum absolute atomic E-state index is 0.298. The first-order valence-corrected chi connectivity index (χ1v) is 6.23. The summed E-state index contributed by atoms with van der Waals surface area (Å²) in [5.74, 6) is 0.533. The number of aromatic nitrogens is 5. The molecule has 0 atom stereocenters. The average Bonchev–Trinajstić information content (AvgIpc) is 3.14. The Hall–Kier alpha value is -3.22. The third-order valence-corrected chi connectivity index (χ3v) is 3.16. The predicted octanol–water partition coefficient (Wildman–Crippen LogP) is 1.97. The summed E-state index contributed by atoms with van der Waals surface area (Å²) in [5, 5.41) is 0. The number of aromatic amines is 2. The van der Waals surface area contributed by atoms with Crippen LogP contribution in [0.3, 0.4) is 0 Å². The number of H-pyrrole nitrogens is 2. The van der Waals surface area contributed by atoms with Crippen LogP contribution in [0, 0.1) is 0 Å². The molecule has 7 heteroatoms. The van der Waals surface area contributed by atoms with Crippen LogP contribution in [-0.4, -0.2) is 24.9 Å². The van der Waals surface area contributed by atoms with E-state index in [-0.39, 0.29) is 5.69 Å². The molecule has 0 aliphatic heterocycles. The van der Waals surface area contributed by atoms with Crippen molar-refractivity contribution in [3.05, 3.63) is 53.7 Å². The maximum Gasteiger partial charge on any atom is 0.325 e. The standard InChI is InChI=1S/C14H9N5O2/c20-14-17-10-5-9(8-1-3-15-4-2-8)12(18-13(10)19-14)11-6-16-7-21-11/h1-7H,(H2,17,18,19,20). The van der Waals surface area contributed by atoms with Crippen molar-refractivity contribution in [2.24, 2.45) is 0 Å². The molecular weight excluding hydrogens is 270 g/mol. The lowest BCUT2D eigenvalue weighted by molar-refractivity contribution is 0.570. The lowest BCUT2D eigenvalue weighted by Gasteiger charge is -2.06. The Morgan fingerprint density at radius 1 is 1.10 bits per heavy atom. The highest BCUT2D eigenvalue weighted by Crippen LogP contribution is 2.31. The quantitative estimate of drug-likeness (QED) is 0.584. The zero-order valence-electron chi connectivity index (χ0n) is 10.7. The van der Waals surface area contributed by atoms with Gasteiger partial charge < -0.3 is 9.40 Å². The number of rotatable bonds is 2. The monoisotopic (exact) mass is 279 g/mol. The second-order valence-electron chi connectivity index (χ2n) is 4.46. The second kappa shape index (κ2) is 4.41. The Morgan fingerprint density at radius 3 is 2.71 bits per heavy atom. The van der Waals surface area contributed by atoms with Crippen LogP contribution in [0.15, 0.2) is 52.4 Å². The predicted molar refractivity (Wildman–Crippen MR) is 75.4 cm³/mol. The van der Waals surface area contributed by atoms with Crippen LogP contribution < -0.4 is 5.69 Å². The molecule has 4 heterocycles. The van der Waals surface area contributed by atoms with Gasteiger partial charge in [-0.3, -0.25) is 9.97 Å². The van der Waals surface area contributed by atoms with E-state index in [2.05, 4.69) is 24.9 Å². The van der Waals surface area contributed by atoms with E-state index in [9.17, 15) is 4.79 Å². The van der Waals surface area contributed by atoms with E-state index in [1.807, 2.05) is 18.2 Å². The molecule has 0 unspecified atom stereocenters. The third kappa shape index (κ3) is 1.91. The van der Waals surface area contributed by atoms with E-state index >= 15 is 0 Å². The number of hydrogen-bond acceptors (Lipinski definition) is 5. The summed E-state index contributed by atoms with van der Waals surface area (Å²) in [5.41, 5.74) is 3.18. The summed E-state index contributed by atoms with van der Waals surface area (Å²) in [6.45, 7) is 0. The molecule has 4 aromatic rings. The smallest absolute Gasteiger partial charge is 0.325 e. The van der Waals surface area contributed by atoms with Gasteiger partial charge in [-0.1, -0.05) is 0 Å². The first-order chi connectivity index (χ1) is 10.3. The van der Waals surface area contributed by atoms with Gasteiger partial charge in [-0.15, -0.1) is 0 Å². The van der Waals surface area contributed by atoms with E-state index in [1.165, 1.54) is 6.39 Å². The van der Waals surface area contributed by atoms with Crippen LogP contribution in [0.4, 0.5) is 0 Å². The molecule has 0 saturated carbocycles. The number of pyridine rings is 2. The van der Waals surface area contributed by atoms with E-state index in [0.29, 0.717) is 22.6 Å². The molecule has 0 spiro atoms. The Balaban J connectivity index is 2.07. The molecule has 102 valence electrons. The first kappa shape index (κ1) is 11.6. The van der Waals surface area contributed by atoms with Crippen molar-refractivity contribution in [3.63, 3.8) is 0 Å². The van der Waals surface area contributed by atoms with Crippen molar-refractivity contribution >= 4 is 11.2 Å². The molecule has 0 aromatic carbocycles. The van der Waals surface area contributed by atoms with Gasteiger partial charge >= 0.3 is 5.69 Å². The fraction of sp³-hybridized carbons (Fsp3) is 0. The summed E-state index contributed by atoms with van der Waals surface area (Å²) >= 11 is 0. The maximum atomic E-state index is 11.4. The summed E-state index contributed by atoms with van der Waals surface area (Å²) in [6, 6.07) is 5.59. The van der Waals surface area contributed by atoms with Crippen molar-refractivity contribution < 1.29 is 4.42 Å². The van der Waals surface area contributed by atoms with Crippen LogP contribution in [0.1, 0.15) is 0 Å². The van der Waals surface area contributed by atoms with Crippen LogP contribution in [0.5, 0.6) is 0 Å². The minimum atomic E-state index is -0.298. The van der Waals surface area contributed by atoms with E-state index in [1.54, 1.807) is 18.6 Å². The Morgan fingerprint density at radius 2 is 1.95 bits per heavy atom. The molecule has 0 aliphatic rings. The van der Waals surface area contributed by atoms with Gasteiger partial charge in [0.25, 0.3) is 0 Å². The molecule has 0 amide bonds. The molecule has 7 nitrogen and oxygen atoms in total. The first-order valence-electron chi connectivity index (χ1n) is 6.23. The molecule has 0 aliphatic carbocycles. The highest BCUT2D eigenvalue weighted by molar-refractivity contribution is 5.87. The van der Waals surface area contributed by atoms with Crippen molar-refractivity contribution in [2.75, 3.05) is 0 Å². The van der Waals surface area contributed by atoms with Crippen LogP contribution >= 0.6 is 0 Å². The summed E-state index contributed by atoms with van der Waals surface area (Å²) in [4.78, 5) is 29.2. The zero-order valence-corrected chi connectivity index (χ0v) is 10.7. The minimum Gasteiger partial charge on any atom is -0.442 e. The SMILES string of the molecule is O=c1[nH]c2cc(-c3ccncc3)c(-c3cnco3)nc2[nH]1. The normalized spacial score (nSPS) is 11.0.